The summed E-state index contributed by atoms with van der Waals surface area (Å²) in [6, 6.07) is 9.11. The Morgan fingerprint density at radius 3 is 2.61 bits per heavy atom. The summed E-state index contributed by atoms with van der Waals surface area (Å²) in [7, 11) is -2.54. The maximum absolute atomic E-state index is 12.9. The minimum atomic E-state index is -4.19. The van der Waals surface area contributed by atoms with Gasteiger partial charge in [-0.15, -0.1) is 5.10 Å². The molecule has 1 aliphatic heterocycles. The number of aliphatic hydroxyl groups is 2. The van der Waals surface area contributed by atoms with Crippen LogP contribution in [0.2, 0.25) is 0 Å². The van der Waals surface area contributed by atoms with Crippen LogP contribution in [0.25, 0.3) is 11.0 Å². The van der Waals surface area contributed by atoms with Gasteiger partial charge in [0.05, 0.1) is 24.6 Å². The van der Waals surface area contributed by atoms with Crippen LogP contribution in [0.3, 0.4) is 0 Å². The third-order valence-corrected chi connectivity index (χ3v) is 9.67. The molecule has 12 nitrogen and oxygen atoms in total. The second-order valence-corrected chi connectivity index (χ2v) is 12.6. The van der Waals surface area contributed by atoms with Gasteiger partial charge in [-0.1, -0.05) is 29.5 Å². The van der Waals surface area contributed by atoms with E-state index in [4.69, 9.17) is 13.7 Å². The SMILES string of the molecule is CCOC(=O)CC(c1ccc(C)c([C@@H](C)N2CC=C(O)OS2(=O)=O)c1)c1ccc2c(nnn2CC(CCO)CCOC)c1C. The maximum Gasteiger partial charge on any atom is 0.388 e. The highest BCUT2D eigenvalue weighted by molar-refractivity contribution is 7.84. The van der Waals surface area contributed by atoms with Gasteiger partial charge >= 0.3 is 16.3 Å². The number of nitrogens with zero attached hydrogens (tertiary/aromatic N) is 4. The van der Waals surface area contributed by atoms with E-state index in [0.717, 1.165) is 45.3 Å². The lowest BCUT2D eigenvalue weighted by Crippen LogP contribution is -2.38. The molecule has 1 aliphatic rings. The van der Waals surface area contributed by atoms with E-state index in [9.17, 15) is 23.4 Å². The van der Waals surface area contributed by atoms with E-state index < -0.39 is 28.2 Å². The second kappa shape index (κ2) is 14.5. The first-order valence-corrected chi connectivity index (χ1v) is 16.2. The summed E-state index contributed by atoms with van der Waals surface area (Å²) >= 11 is 0. The van der Waals surface area contributed by atoms with E-state index in [1.165, 1.54) is 10.4 Å². The Bertz CT molecular complexity index is 1600. The van der Waals surface area contributed by atoms with Crippen molar-refractivity contribution < 1.29 is 37.1 Å². The number of benzene rings is 2. The fraction of sp³-hybridized carbons (Fsp3) is 0.516. The van der Waals surface area contributed by atoms with Crippen LogP contribution in [0.1, 0.15) is 72.9 Å². The largest absolute Gasteiger partial charge is 0.480 e. The lowest BCUT2D eigenvalue weighted by Gasteiger charge is -2.30. The molecule has 0 bridgehead atoms. The van der Waals surface area contributed by atoms with Gasteiger partial charge < -0.3 is 23.9 Å². The Morgan fingerprint density at radius 2 is 1.93 bits per heavy atom. The normalized spacial score (nSPS) is 17.1. The monoisotopic (exact) mass is 630 g/mol. The minimum absolute atomic E-state index is 0.0404. The summed E-state index contributed by atoms with van der Waals surface area (Å²) in [6.45, 7) is 8.83. The molecule has 4 rings (SSSR count). The summed E-state index contributed by atoms with van der Waals surface area (Å²) in [5.74, 6) is -1.23. The van der Waals surface area contributed by atoms with Crippen molar-refractivity contribution in [3.05, 3.63) is 70.2 Å². The molecule has 2 unspecified atom stereocenters. The van der Waals surface area contributed by atoms with Gasteiger partial charge in [-0.05, 0) is 80.3 Å². The van der Waals surface area contributed by atoms with Crippen molar-refractivity contribution >= 4 is 27.3 Å². The zero-order valence-electron chi connectivity index (χ0n) is 25.9. The Labute approximate surface area is 258 Å². The number of hydrogen-bond acceptors (Lipinski definition) is 10. The fourth-order valence-corrected chi connectivity index (χ4v) is 6.95. The molecule has 2 heterocycles. The Hall–Kier alpha value is -3.52. The molecule has 3 atom stereocenters. The van der Waals surface area contributed by atoms with Crippen molar-refractivity contribution in [2.24, 2.45) is 5.92 Å². The number of aromatic nitrogens is 3. The third-order valence-electron chi connectivity index (χ3n) is 8.24. The topological polar surface area (TPSA) is 153 Å². The van der Waals surface area contributed by atoms with Crippen molar-refractivity contribution in [2.45, 2.75) is 65.5 Å². The highest BCUT2D eigenvalue weighted by Gasteiger charge is 2.34. The number of aliphatic hydroxyl groups excluding tert-OH is 2. The first-order chi connectivity index (χ1) is 21.0. The molecule has 240 valence electrons. The van der Waals surface area contributed by atoms with E-state index >= 15 is 0 Å². The molecule has 44 heavy (non-hydrogen) atoms. The number of carbonyl (C=O) groups excluding carboxylic acids is 1. The predicted octanol–water partition coefficient (Wildman–Crippen LogP) is 4.21. The van der Waals surface area contributed by atoms with Crippen LogP contribution in [0, 0.1) is 19.8 Å². The van der Waals surface area contributed by atoms with Crippen LogP contribution in [-0.2, 0) is 35.3 Å². The zero-order valence-corrected chi connectivity index (χ0v) is 26.7. The van der Waals surface area contributed by atoms with Gasteiger partial charge in [0.2, 0.25) is 0 Å². The summed E-state index contributed by atoms with van der Waals surface area (Å²) < 4.78 is 43.8. The number of methoxy groups -OCH3 is 1. The quantitative estimate of drug-likeness (QED) is 0.248. The molecule has 0 saturated carbocycles. The van der Waals surface area contributed by atoms with Gasteiger partial charge in [-0.25, -0.2) is 4.68 Å². The van der Waals surface area contributed by atoms with Crippen LogP contribution >= 0.6 is 0 Å². The van der Waals surface area contributed by atoms with E-state index in [1.54, 1.807) is 21.0 Å². The molecule has 1 aromatic heterocycles. The van der Waals surface area contributed by atoms with Gasteiger partial charge in [0, 0.05) is 45.4 Å². The molecule has 0 fully saturated rings. The number of hydrogen-bond donors (Lipinski definition) is 2. The highest BCUT2D eigenvalue weighted by atomic mass is 32.2. The smallest absolute Gasteiger partial charge is 0.388 e. The molecule has 0 amide bonds. The van der Waals surface area contributed by atoms with Crippen molar-refractivity contribution in [3.63, 3.8) is 0 Å². The molecule has 0 spiro atoms. The van der Waals surface area contributed by atoms with Gasteiger partial charge in [0.25, 0.3) is 5.95 Å². The number of rotatable bonds is 14. The Morgan fingerprint density at radius 1 is 1.16 bits per heavy atom. The van der Waals surface area contributed by atoms with Crippen molar-refractivity contribution in [3.8, 4) is 0 Å². The van der Waals surface area contributed by atoms with Crippen LogP contribution in [0.15, 0.2) is 42.4 Å². The second-order valence-electron chi connectivity index (χ2n) is 11.1. The first kappa shape index (κ1) is 33.4. The maximum atomic E-state index is 12.9. The van der Waals surface area contributed by atoms with Gasteiger partial charge in [-0.2, -0.15) is 12.7 Å². The summed E-state index contributed by atoms with van der Waals surface area (Å²) in [5.41, 5.74) is 5.76. The molecule has 0 radical (unpaired) electrons. The molecule has 0 saturated heterocycles. The molecule has 2 aromatic carbocycles. The zero-order chi connectivity index (χ0) is 32.0. The lowest BCUT2D eigenvalue weighted by molar-refractivity contribution is -0.143. The fourth-order valence-electron chi connectivity index (χ4n) is 5.81. The lowest BCUT2D eigenvalue weighted by atomic mass is 9.83. The van der Waals surface area contributed by atoms with Crippen LogP contribution in [-0.4, -0.2) is 77.4 Å². The number of esters is 1. The molecule has 2 N–H and O–H groups in total. The van der Waals surface area contributed by atoms with E-state index in [0.29, 0.717) is 19.6 Å². The Balaban J connectivity index is 1.74. The number of carbonyl (C=O) groups is 1. The Kier molecular flexibility index (Phi) is 11.0. The number of aryl methyl sites for hydroxylation is 2. The average molecular weight is 631 g/mol. The van der Waals surface area contributed by atoms with Crippen molar-refractivity contribution in [1.29, 1.82) is 0 Å². The minimum Gasteiger partial charge on any atom is -0.480 e. The highest BCUT2D eigenvalue weighted by Crippen LogP contribution is 2.37. The molecule has 3 aromatic rings. The van der Waals surface area contributed by atoms with Crippen LogP contribution in [0.4, 0.5) is 0 Å². The standard InChI is InChI=1S/C31H42N4O8S/c1-6-42-30(38)18-27(24-8-7-20(2)26(17-24)22(4)35-14-11-29(37)43-44(35,39)40)25-9-10-28-31(21(25)3)32-33-34(28)19-23(12-15-36)13-16-41-5/h7-11,17,22-23,27,36-37H,6,12-16,18-19H2,1-5H3/t22-,23?,27?/m1/s1. The summed E-state index contributed by atoms with van der Waals surface area (Å²) in [4.78, 5) is 12.9. The predicted molar refractivity (Wildman–Crippen MR) is 164 cm³/mol. The van der Waals surface area contributed by atoms with E-state index in [-0.39, 0.29) is 38.1 Å². The van der Waals surface area contributed by atoms with Gasteiger partial charge in [0.1, 0.15) is 5.52 Å². The van der Waals surface area contributed by atoms with Gasteiger partial charge in [0.15, 0.2) is 0 Å². The third kappa shape index (κ3) is 7.40. The first-order valence-electron chi connectivity index (χ1n) is 14.8. The molecule has 13 heteroatoms. The van der Waals surface area contributed by atoms with Crippen molar-refractivity contribution in [1.82, 2.24) is 19.3 Å². The molecular formula is C31H42N4O8S. The van der Waals surface area contributed by atoms with E-state index in [2.05, 4.69) is 10.3 Å². The van der Waals surface area contributed by atoms with Crippen LogP contribution < -0.4 is 0 Å². The molecule has 0 aliphatic carbocycles. The average Bonchev–Trinajstić information content (AvgIpc) is 3.38. The van der Waals surface area contributed by atoms with Gasteiger partial charge in [-0.3, -0.25) is 4.79 Å². The van der Waals surface area contributed by atoms with E-state index in [1.807, 2.05) is 48.9 Å². The number of ether oxygens (including phenoxy) is 2. The molecular weight excluding hydrogens is 588 g/mol. The number of fused-ring (bicyclic) bond motifs is 1. The summed E-state index contributed by atoms with van der Waals surface area (Å²) in [5, 5.41) is 28.1. The van der Waals surface area contributed by atoms with Crippen molar-refractivity contribution in [2.75, 3.05) is 33.5 Å². The van der Waals surface area contributed by atoms with Crippen LogP contribution in [0.5, 0.6) is 0 Å². The summed E-state index contributed by atoms with van der Waals surface area (Å²) in [6.07, 6.45) is 2.78.